The van der Waals surface area contributed by atoms with Crippen molar-refractivity contribution in [3.05, 3.63) is 83.9 Å². The third kappa shape index (κ3) is 4.77. The van der Waals surface area contributed by atoms with Gasteiger partial charge in [-0.15, -0.1) is 0 Å². The Labute approximate surface area is 190 Å². The molecule has 0 aliphatic rings. The molecule has 1 aromatic heterocycles. The smallest absolute Gasteiger partial charge is 0.261 e. The van der Waals surface area contributed by atoms with Crippen molar-refractivity contribution < 1.29 is 23.8 Å². The van der Waals surface area contributed by atoms with E-state index < -0.39 is 5.91 Å². The monoisotopic (exact) mass is 442 g/mol. The zero-order chi connectivity index (χ0) is 23.4. The number of hydrogen-bond donors (Lipinski definition) is 1. The minimum absolute atomic E-state index is 0.0456. The van der Waals surface area contributed by atoms with Gasteiger partial charge in [0, 0.05) is 22.7 Å². The predicted molar refractivity (Wildman–Crippen MR) is 126 cm³/mol. The number of para-hydroxylation sites is 1. The van der Waals surface area contributed by atoms with E-state index in [4.69, 9.17) is 14.2 Å². The molecule has 0 atom stereocenters. The van der Waals surface area contributed by atoms with Gasteiger partial charge in [-0.1, -0.05) is 18.2 Å². The van der Waals surface area contributed by atoms with Gasteiger partial charge in [-0.2, -0.15) is 0 Å². The standard InChI is InChI=1S/C26H22N2O5/c1-16(29)17-8-10-19(11-9-17)27-25(30)21-14-18-6-4-5-7-22(18)28-26(21)33-23-13-12-20(31-2)15-24(23)32-3/h4-15H,1-3H3,(H,27,30). The van der Waals surface area contributed by atoms with E-state index in [1.54, 1.807) is 55.6 Å². The number of carbonyl (C=O) groups is 2. The van der Waals surface area contributed by atoms with Crippen LogP contribution in [0.2, 0.25) is 0 Å². The summed E-state index contributed by atoms with van der Waals surface area (Å²) in [6, 6.07) is 21.0. The molecule has 33 heavy (non-hydrogen) atoms. The SMILES string of the molecule is COc1ccc(Oc2nc3ccccc3cc2C(=O)Nc2ccc(C(C)=O)cc2)c(OC)c1. The van der Waals surface area contributed by atoms with E-state index >= 15 is 0 Å². The summed E-state index contributed by atoms with van der Waals surface area (Å²) < 4.78 is 16.7. The lowest BCUT2D eigenvalue weighted by molar-refractivity contribution is 0.101. The summed E-state index contributed by atoms with van der Waals surface area (Å²) in [5.41, 5.74) is 2.05. The van der Waals surface area contributed by atoms with Gasteiger partial charge < -0.3 is 19.5 Å². The fraction of sp³-hybridized carbons (Fsp3) is 0.115. The van der Waals surface area contributed by atoms with Crippen molar-refractivity contribution in [2.24, 2.45) is 0 Å². The third-order valence-electron chi connectivity index (χ3n) is 5.06. The molecule has 0 spiro atoms. The second-order valence-corrected chi connectivity index (χ2v) is 7.24. The van der Waals surface area contributed by atoms with Crippen molar-refractivity contribution in [2.45, 2.75) is 6.92 Å². The Morgan fingerprint density at radius 2 is 1.61 bits per heavy atom. The number of nitrogens with one attached hydrogen (secondary N) is 1. The van der Waals surface area contributed by atoms with Gasteiger partial charge >= 0.3 is 0 Å². The molecule has 1 amide bonds. The van der Waals surface area contributed by atoms with Crippen LogP contribution < -0.4 is 19.5 Å². The number of methoxy groups -OCH3 is 2. The Hall–Kier alpha value is -4.39. The maximum Gasteiger partial charge on any atom is 0.261 e. The number of aromatic nitrogens is 1. The summed E-state index contributed by atoms with van der Waals surface area (Å²) in [4.78, 5) is 29.3. The van der Waals surface area contributed by atoms with E-state index in [9.17, 15) is 9.59 Å². The Morgan fingerprint density at radius 1 is 0.848 bits per heavy atom. The number of ketones is 1. The molecule has 0 saturated heterocycles. The fourth-order valence-electron chi connectivity index (χ4n) is 3.29. The van der Waals surface area contributed by atoms with Crippen LogP contribution in [0.4, 0.5) is 5.69 Å². The highest BCUT2D eigenvalue weighted by atomic mass is 16.5. The zero-order valence-electron chi connectivity index (χ0n) is 18.4. The van der Waals surface area contributed by atoms with Crippen LogP contribution in [-0.2, 0) is 0 Å². The third-order valence-corrected chi connectivity index (χ3v) is 5.06. The first-order chi connectivity index (χ1) is 16.0. The maximum absolute atomic E-state index is 13.2. The van der Waals surface area contributed by atoms with Crippen LogP contribution in [0.3, 0.4) is 0 Å². The van der Waals surface area contributed by atoms with Crippen molar-refractivity contribution in [2.75, 3.05) is 19.5 Å². The van der Waals surface area contributed by atoms with E-state index in [-0.39, 0.29) is 17.2 Å². The molecule has 0 aliphatic carbocycles. The number of Topliss-reactive ketones (excluding diaryl/α,β-unsaturated/α-hetero) is 1. The number of pyridine rings is 1. The van der Waals surface area contributed by atoms with Crippen molar-refractivity contribution in [3.8, 4) is 23.1 Å². The molecule has 4 rings (SSSR count). The summed E-state index contributed by atoms with van der Waals surface area (Å²) in [5, 5.41) is 3.64. The van der Waals surface area contributed by atoms with E-state index in [1.165, 1.54) is 14.0 Å². The molecular weight excluding hydrogens is 420 g/mol. The molecule has 1 heterocycles. The van der Waals surface area contributed by atoms with E-state index in [0.29, 0.717) is 34.0 Å². The Balaban J connectivity index is 1.72. The van der Waals surface area contributed by atoms with Gasteiger partial charge in [-0.25, -0.2) is 4.98 Å². The molecule has 3 aromatic carbocycles. The highest BCUT2D eigenvalue weighted by molar-refractivity contribution is 6.08. The number of benzene rings is 3. The van der Waals surface area contributed by atoms with Gasteiger partial charge in [0.1, 0.15) is 11.3 Å². The largest absolute Gasteiger partial charge is 0.497 e. The molecule has 0 saturated carbocycles. The molecule has 0 aliphatic heterocycles. The Kier molecular flexibility index (Phi) is 6.22. The van der Waals surface area contributed by atoms with Crippen LogP contribution in [0.15, 0.2) is 72.8 Å². The van der Waals surface area contributed by atoms with Gasteiger partial charge in [0.2, 0.25) is 5.88 Å². The minimum Gasteiger partial charge on any atom is -0.497 e. The molecule has 0 fully saturated rings. The molecule has 166 valence electrons. The molecule has 7 nitrogen and oxygen atoms in total. The lowest BCUT2D eigenvalue weighted by Crippen LogP contribution is -2.14. The van der Waals surface area contributed by atoms with Gasteiger partial charge in [0.05, 0.1) is 19.7 Å². The van der Waals surface area contributed by atoms with Crippen molar-refractivity contribution in [1.82, 2.24) is 4.98 Å². The van der Waals surface area contributed by atoms with Crippen molar-refractivity contribution in [1.29, 1.82) is 0 Å². The number of nitrogens with zero attached hydrogens (tertiary/aromatic N) is 1. The van der Waals surface area contributed by atoms with Gasteiger partial charge in [-0.3, -0.25) is 9.59 Å². The molecule has 1 N–H and O–H groups in total. The normalized spacial score (nSPS) is 10.5. The average Bonchev–Trinajstić information content (AvgIpc) is 2.84. The van der Waals surface area contributed by atoms with E-state index in [0.717, 1.165) is 5.39 Å². The van der Waals surface area contributed by atoms with Crippen molar-refractivity contribution in [3.63, 3.8) is 0 Å². The van der Waals surface area contributed by atoms with Gasteiger partial charge in [-0.05, 0) is 55.5 Å². The Morgan fingerprint density at radius 3 is 2.30 bits per heavy atom. The molecule has 0 radical (unpaired) electrons. The molecular formula is C26H22N2O5. The van der Waals surface area contributed by atoms with E-state index in [1.807, 2.05) is 24.3 Å². The van der Waals surface area contributed by atoms with Crippen LogP contribution in [0.1, 0.15) is 27.6 Å². The minimum atomic E-state index is -0.397. The predicted octanol–water partition coefficient (Wildman–Crippen LogP) is 5.50. The topological polar surface area (TPSA) is 86.8 Å². The second-order valence-electron chi connectivity index (χ2n) is 7.24. The van der Waals surface area contributed by atoms with Gasteiger partial charge in [0.15, 0.2) is 17.3 Å². The van der Waals surface area contributed by atoms with Crippen LogP contribution in [-0.4, -0.2) is 30.9 Å². The van der Waals surface area contributed by atoms with Crippen LogP contribution in [0.5, 0.6) is 23.1 Å². The van der Waals surface area contributed by atoms with E-state index in [2.05, 4.69) is 10.3 Å². The highest BCUT2D eigenvalue weighted by Crippen LogP contribution is 2.36. The summed E-state index contributed by atoms with van der Waals surface area (Å²) >= 11 is 0. The number of carbonyl (C=O) groups excluding carboxylic acids is 2. The summed E-state index contributed by atoms with van der Waals surface area (Å²) in [6.45, 7) is 1.49. The second kappa shape index (κ2) is 9.40. The first-order valence-corrected chi connectivity index (χ1v) is 10.2. The van der Waals surface area contributed by atoms with Crippen LogP contribution in [0.25, 0.3) is 10.9 Å². The number of ether oxygens (including phenoxy) is 3. The highest BCUT2D eigenvalue weighted by Gasteiger charge is 2.19. The van der Waals surface area contributed by atoms with Gasteiger partial charge in [0.25, 0.3) is 5.91 Å². The number of amides is 1. The first-order valence-electron chi connectivity index (χ1n) is 10.2. The molecule has 0 unspecified atom stereocenters. The van der Waals surface area contributed by atoms with Crippen molar-refractivity contribution >= 4 is 28.3 Å². The number of anilines is 1. The zero-order valence-corrected chi connectivity index (χ0v) is 18.4. The number of fused-ring (bicyclic) bond motifs is 1. The quantitative estimate of drug-likeness (QED) is 0.380. The maximum atomic E-state index is 13.2. The number of hydrogen-bond acceptors (Lipinski definition) is 6. The molecule has 4 aromatic rings. The molecule has 7 heteroatoms. The summed E-state index contributed by atoms with van der Waals surface area (Å²) in [6.07, 6.45) is 0. The van der Waals surface area contributed by atoms with Crippen LogP contribution >= 0.6 is 0 Å². The summed E-state index contributed by atoms with van der Waals surface area (Å²) in [7, 11) is 3.08. The fourth-order valence-corrected chi connectivity index (χ4v) is 3.29. The number of rotatable bonds is 7. The first kappa shape index (κ1) is 21.8. The van der Waals surface area contributed by atoms with Crippen LogP contribution in [0, 0.1) is 0 Å². The lowest BCUT2D eigenvalue weighted by atomic mass is 10.1. The molecule has 0 bridgehead atoms. The lowest BCUT2D eigenvalue weighted by Gasteiger charge is -2.14. The average molecular weight is 442 g/mol. The summed E-state index contributed by atoms with van der Waals surface area (Å²) in [5.74, 6) is 1.13. The Bertz CT molecular complexity index is 1330.